The van der Waals surface area contributed by atoms with Gasteiger partial charge in [-0.15, -0.1) is 0 Å². The fourth-order valence-electron chi connectivity index (χ4n) is 9.42. The van der Waals surface area contributed by atoms with Gasteiger partial charge in [-0.1, -0.05) is 146 Å². The molecule has 0 amide bonds. The van der Waals surface area contributed by atoms with Crippen LogP contribution in [0.3, 0.4) is 0 Å². The van der Waals surface area contributed by atoms with Gasteiger partial charge in [-0.05, 0) is 88.9 Å². The zero-order valence-corrected chi connectivity index (χ0v) is 36.7. The van der Waals surface area contributed by atoms with Gasteiger partial charge in [0.05, 0.1) is 0 Å². The highest BCUT2D eigenvalue weighted by Crippen LogP contribution is 2.68. The van der Waals surface area contributed by atoms with Gasteiger partial charge < -0.3 is 9.05 Å². The normalized spacial score (nSPS) is 14.3. The number of benzene rings is 10. The van der Waals surface area contributed by atoms with Crippen molar-refractivity contribution in [2.75, 3.05) is 0 Å². The van der Waals surface area contributed by atoms with Gasteiger partial charge in [0.25, 0.3) is 19.7 Å². The molecule has 0 radical (unpaired) electrons. The van der Waals surface area contributed by atoms with Crippen LogP contribution in [0, 0.1) is 0 Å². The lowest BCUT2D eigenvalue weighted by Crippen LogP contribution is -2.46. The maximum Gasteiger partial charge on any atom is 0.499 e. The van der Waals surface area contributed by atoms with E-state index in [-0.39, 0.29) is 33.0 Å². The number of halogens is 6. The zero-order valence-electron chi connectivity index (χ0n) is 34.1. The highest BCUT2D eigenvalue weighted by atomic mass is 32.3. The quantitative estimate of drug-likeness (QED) is 0.0961. The molecule has 1 aliphatic heterocycles. The second-order valence-corrected chi connectivity index (χ2v) is 23.1. The second-order valence-electron chi connectivity index (χ2n) is 16.1. The summed E-state index contributed by atoms with van der Waals surface area (Å²) in [6.07, 6.45) is 0. The summed E-state index contributed by atoms with van der Waals surface area (Å²) in [5.41, 5.74) is -13.1. The van der Waals surface area contributed by atoms with Crippen LogP contribution < -0.4 is 9.05 Å². The van der Waals surface area contributed by atoms with Crippen molar-refractivity contribution in [2.24, 2.45) is 0 Å². The van der Waals surface area contributed by atoms with E-state index in [0.29, 0.717) is 65.0 Å². The molecule has 1 heterocycles. The molecule has 10 aromatic carbocycles. The molecule has 0 saturated carbocycles. The Morgan fingerprint density at radius 2 is 0.612 bits per heavy atom. The van der Waals surface area contributed by atoms with Crippen LogP contribution in [0.15, 0.2) is 170 Å². The monoisotopic (exact) mass is 962 g/mol. The Balaban J connectivity index is 1.42. The van der Waals surface area contributed by atoms with Gasteiger partial charge in [-0.25, -0.2) is 21.4 Å². The molecular formula is C51H29F6O7PS2. The van der Waals surface area contributed by atoms with E-state index in [0.717, 1.165) is 0 Å². The van der Waals surface area contributed by atoms with Crippen molar-refractivity contribution in [1.82, 2.24) is 0 Å². The van der Waals surface area contributed by atoms with Crippen molar-refractivity contribution in [1.29, 1.82) is 0 Å². The Hall–Kier alpha value is -6.93. The summed E-state index contributed by atoms with van der Waals surface area (Å²) in [6, 6.07) is 48.0. The Kier molecular flexibility index (Phi) is 9.42. The van der Waals surface area contributed by atoms with E-state index in [9.17, 15) is 43.2 Å². The number of alkyl halides is 6. The molecule has 0 atom stereocenters. The molecule has 0 aliphatic carbocycles. The van der Waals surface area contributed by atoms with E-state index in [2.05, 4.69) is 0 Å². The predicted molar refractivity (Wildman–Crippen MR) is 250 cm³/mol. The first-order valence-electron chi connectivity index (χ1n) is 20.4. The molecule has 1 aliphatic rings. The summed E-state index contributed by atoms with van der Waals surface area (Å²) in [6.45, 7) is 0. The lowest BCUT2D eigenvalue weighted by Gasteiger charge is -2.28. The maximum absolute atomic E-state index is 16.2. The number of rotatable bonds is 5. The van der Waals surface area contributed by atoms with E-state index >= 15 is 4.57 Å². The van der Waals surface area contributed by atoms with Gasteiger partial charge >= 0.3 is 22.9 Å². The highest BCUT2D eigenvalue weighted by Gasteiger charge is 2.72. The molecular weight excluding hydrogens is 934 g/mol. The van der Waals surface area contributed by atoms with E-state index in [1.165, 1.54) is 12.1 Å². The Morgan fingerprint density at radius 3 is 0.881 bits per heavy atom. The Bertz CT molecular complexity index is 3700. The van der Waals surface area contributed by atoms with E-state index < -0.39 is 54.1 Å². The molecule has 10 aromatic rings. The zero-order chi connectivity index (χ0) is 46.8. The largest absolute Gasteiger partial charge is 0.499 e. The molecule has 67 heavy (non-hydrogen) atoms. The summed E-state index contributed by atoms with van der Waals surface area (Å²) in [7, 11) is -22.3. The number of hydrogen-bond acceptors (Lipinski definition) is 7. The van der Waals surface area contributed by atoms with Crippen LogP contribution >= 0.6 is 7.60 Å². The summed E-state index contributed by atoms with van der Waals surface area (Å²) in [5.74, 6) is -1.35. The average Bonchev–Trinajstić information content (AvgIpc) is 3.43. The molecule has 0 spiro atoms. The molecule has 11 rings (SSSR count). The Labute approximate surface area is 377 Å². The minimum absolute atomic E-state index is 0.0592. The van der Waals surface area contributed by atoms with Crippen molar-refractivity contribution < 1.29 is 56.8 Å². The number of fused-ring (bicyclic) bond motifs is 11. The summed E-state index contributed by atoms with van der Waals surface area (Å²) in [4.78, 5) is 0. The van der Waals surface area contributed by atoms with E-state index in [4.69, 9.17) is 9.05 Å². The number of sulfone groups is 2. The van der Waals surface area contributed by atoms with Crippen LogP contribution in [-0.4, -0.2) is 32.2 Å². The SMILES string of the molecule is O=P1(C(S(=O)(=O)C(F)(F)F)S(=O)(=O)C(F)(F)F)Oc2c(-c3c4ccccc4cc4ccccc34)cc3ccccc3c2-c2c(c(-c3c4ccccc4cc4ccccc34)cc3ccccc23)O1. The van der Waals surface area contributed by atoms with Crippen molar-refractivity contribution in [3.63, 3.8) is 0 Å². The van der Waals surface area contributed by atoms with Crippen LogP contribution in [0.25, 0.3) is 98.0 Å². The van der Waals surface area contributed by atoms with E-state index in [1.54, 1.807) is 146 Å². The molecule has 0 saturated heterocycles. The van der Waals surface area contributed by atoms with Crippen LogP contribution in [0.5, 0.6) is 11.5 Å². The Morgan fingerprint density at radius 1 is 0.373 bits per heavy atom. The fourth-order valence-corrected chi connectivity index (χ4v) is 16.9. The first kappa shape index (κ1) is 42.7. The van der Waals surface area contributed by atoms with Crippen molar-refractivity contribution in [3.05, 3.63) is 170 Å². The first-order chi connectivity index (χ1) is 31.9. The van der Waals surface area contributed by atoms with Crippen LogP contribution in [-0.2, 0) is 24.2 Å². The molecule has 0 fully saturated rings. The molecule has 0 unspecified atom stereocenters. The van der Waals surface area contributed by atoms with Gasteiger partial charge in [0.15, 0.2) is 0 Å². The highest BCUT2D eigenvalue weighted by molar-refractivity contribution is 8.17. The molecule has 16 heteroatoms. The first-order valence-corrected chi connectivity index (χ1v) is 25.1. The fraction of sp³-hybridized carbons (Fsp3) is 0.0588. The van der Waals surface area contributed by atoms with Gasteiger partial charge in [0.2, 0.25) is 0 Å². The van der Waals surface area contributed by atoms with Gasteiger partial charge in [0.1, 0.15) is 11.5 Å². The number of hydrogen-bond donors (Lipinski definition) is 0. The molecule has 334 valence electrons. The van der Waals surface area contributed by atoms with Crippen LogP contribution in [0.1, 0.15) is 0 Å². The summed E-state index contributed by atoms with van der Waals surface area (Å²) in [5, 5.41) is 6.04. The van der Waals surface area contributed by atoms with Crippen molar-refractivity contribution in [3.8, 4) is 44.9 Å². The maximum atomic E-state index is 16.2. The summed E-state index contributed by atoms with van der Waals surface area (Å²) >= 11 is 0. The average molecular weight is 963 g/mol. The molecule has 0 bridgehead atoms. The third kappa shape index (κ3) is 6.42. The summed E-state index contributed by atoms with van der Waals surface area (Å²) < 4.78 is 168. The molecule has 0 N–H and O–H groups in total. The third-order valence-electron chi connectivity index (χ3n) is 12.2. The van der Waals surface area contributed by atoms with Crippen LogP contribution in [0.4, 0.5) is 26.3 Å². The standard InChI is InChI=1S/C51H29F6O7PS2/c52-50(53,54)66(59,60)49(67(61,62)51(55,56)57)65(58)63-47-41(43-35-19-7-1-13-29(35)25-30-14-2-8-20-36(30)43)27-33-17-5-11-23-39(33)45(47)46-40-24-12-6-18-34(40)28-42(48(46)64-65)44-37-21-9-3-15-31(37)26-32-16-4-10-22-38(32)44/h1-28,49H. The van der Waals surface area contributed by atoms with E-state index in [1.807, 2.05) is 12.1 Å². The molecule has 7 nitrogen and oxygen atoms in total. The van der Waals surface area contributed by atoms with Crippen LogP contribution in [0.2, 0.25) is 0 Å². The van der Waals surface area contributed by atoms with Crippen molar-refractivity contribution >= 4 is 91.9 Å². The minimum atomic E-state index is -7.66. The lowest BCUT2D eigenvalue weighted by molar-refractivity contribution is -0.0465. The van der Waals surface area contributed by atoms with Gasteiger partial charge in [-0.3, -0.25) is 0 Å². The lowest BCUT2D eigenvalue weighted by atomic mass is 9.83. The van der Waals surface area contributed by atoms with Crippen molar-refractivity contribution in [2.45, 2.75) is 15.3 Å². The second kappa shape index (κ2) is 14.8. The molecule has 0 aromatic heterocycles. The predicted octanol–water partition coefficient (Wildman–Crippen LogP) is 14.7. The van der Waals surface area contributed by atoms with Gasteiger partial charge in [-0.2, -0.15) is 26.3 Å². The minimum Gasteiger partial charge on any atom is -0.413 e. The smallest absolute Gasteiger partial charge is 0.413 e. The van der Waals surface area contributed by atoms with Gasteiger partial charge in [0, 0.05) is 33.4 Å². The topological polar surface area (TPSA) is 104 Å². The third-order valence-corrected chi connectivity index (χ3v) is 20.7.